The minimum Gasteiger partial charge on any atom is -0.451 e. The number of benzene rings is 2. The van der Waals surface area contributed by atoms with Gasteiger partial charge >= 0.3 is 5.97 Å². The molecule has 4 rings (SSSR count). The third kappa shape index (κ3) is 5.02. The number of thiophene rings is 1. The fourth-order valence-corrected chi connectivity index (χ4v) is 4.46. The minimum atomic E-state index is -0.633. The van der Waals surface area contributed by atoms with Crippen LogP contribution in [0.1, 0.15) is 20.9 Å². The summed E-state index contributed by atoms with van der Waals surface area (Å²) in [5.41, 5.74) is 1.86. The Kier molecular flexibility index (Phi) is 6.38. The predicted octanol–water partition coefficient (Wildman–Crippen LogP) is 4.81. The van der Waals surface area contributed by atoms with Crippen LogP contribution in [-0.2, 0) is 16.1 Å². The maximum absolute atomic E-state index is 12.5. The first kappa shape index (κ1) is 22.4. The van der Waals surface area contributed by atoms with Gasteiger partial charge in [0.05, 0.1) is 27.9 Å². The Balaban J connectivity index is 1.41. The van der Waals surface area contributed by atoms with Crippen LogP contribution in [0.5, 0.6) is 0 Å². The van der Waals surface area contributed by atoms with Crippen LogP contribution in [0.2, 0.25) is 5.02 Å². The van der Waals surface area contributed by atoms with E-state index in [2.05, 4.69) is 10.4 Å². The molecule has 33 heavy (non-hydrogen) atoms. The Morgan fingerprint density at radius 3 is 2.67 bits per heavy atom. The highest BCUT2D eigenvalue weighted by Crippen LogP contribution is 2.30. The van der Waals surface area contributed by atoms with Crippen LogP contribution in [-0.4, -0.2) is 33.2 Å². The zero-order valence-corrected chi connectivity index (χ0v) is 18.9. The standard InChI is InChI=1S/C22H17ClN4O5S/c1-13-16-10-19(33-21(16)26(25-13)11-14-5-3-2-4-6-14)22(29)32-12-20(28)24-18-8-7-15(27(30)31)9-17(18)23/h2-10H,11-12H2,1H3,(H,24,28). The summed E-state index contributed by atoms with van der Waals surface area (Å²) in [5.74, 6) is -1.25. The van der Waals surface area contributed by atoms with E-state index in [1.54, 1.807) is 6.07 Å². The van der Waals surface area contributed by atoms with E-state index in [0.717, 1.165) is 27.5 Å². The number of rotatable bonds is 7. The van der Waals surface area contributed by atoms with E-state index in [1.165, 1.54) is 23.5 Å². The summed E-state index contributed by atoms with van der Waals surface area (Å²) >= 11 is 7.21. The fourth-order valence-electron chi connectivity index (χ4n) is 3.18. The van der Waals surface area contributed by atoms with Crippen LogP contribution in [0.4, 0.5) is 11.4 Å². The number of aryl methyl sites for hydroxylation is 1. The van der Waals surface area contributed by atoms with Gasteiger partial charge in [0, 0.05) is 17.5 Å². The second-order valence-corrected chi connectivity index (χ2v) is 8.54. The number of nitro groups is 1. The highest BCUT2D eigenvalue weighted by Gasteiger charge is 2.19. The summed E-state index contributed by atoms with van der Waals surface area (Å²) in [6.45, 7) is 1.90. The van der Waals surface area contributed by atoms with E-state index < -0.39 is 23.4 Å². The molecule has 168 valence electrons. The Labute approximate surface area is 196 Å². The molecule has 0 radical (unpaired) electrons. The number of ether oxygens (including phenoxy) is 1. The molecule has 1 amide bonds. The molecule has 9 nitrogen and oxygen atoms in total. The van der Waals surface area contributed by atoms with E-state index >= 15 is 0 Å². The number of hydrogen-bond acceptors (Lipinski definition) is 7. The van der Waals surface area contributed by atoms with Gasteiger partial charge in [0.25, 0.3) is 11.6 Å². The number of fused-ring (bicyclic) bond motifs is 1. The average molecular weight is 485 g/mol. The van der Waals surface area contributed by atoms with Gasteiger partial charge in [-0.15, -0.1) is 11.3 Å². The van der Waals surface area contributed by atoms with Crippen LogP contribution < -0.4 is 5.32 Å². The Morgan fingerprint density at radius 1 is 1.21 bits per heavy atom. The van der Waals surface area contributed by atoms with E-state index in [4.69, 9.17) is 16.3 Å². The molecule has 0 aliphatic carbocycles. The van der Waals surface area contributed by atoms with Gasteiger partial charge in [0.2, 0.25) is 0 Å². The molecule has 0 atom stereocenters. The summed E-state index contributed by atoms with van der Waals surface area (Å²) in [6.07, 6.45) is 0. The molecule has 2 aromatic carbocycles. The van der Waals surface area contributed by atoms with Crippen molar-refractivity contribution < 1.29 is 19.2 Å². The van der Waals surface area contributed by atoms with Crippen molar-refractivity contribution in [1.82, 2.24) is 9.78 Å². The summed E-state index contributed by atoms with van der Waals surface area (Å²) < 4.78 is 6.98. The molecule has 2 heterocycles. The normalized spacial score (nSPS) is 10.8. The topological polar surface area (TPSA) is 116 Å². The molecule has 0 aliphatic rings. The van der Waals surface area contributed by atoms with Gasteiger partial charge in [-0.3, -0.25) is 19.6 Å². The molecule has 0 bridgehead atoms. The smallest absolute Gasteiger partial charge is 0.348 e. The van der Waals surface area contributed by atoms with Crippen molar-refractivity contribution in [3.63, 3.8) is 0 Å². The SMILES string of the molecule is Cc1nn(Cc2ccccc2)c2sc(C(=O)OCC(=O)Nc3ccc([N+](=O)[O-])cc3Cl)cc12. The fraction of sp³-hybridized carbons (Fsp3) is 0.136. The Bertz CT molecular complexity index is 1370. The van der Waals surface area contributed by atoms with Crippen molar-refractivity contribution >= 4 is 56.4 Å². The van der Waals surface area contributed by atoms with Gasteiger partial charge in [0.15, 0.2) is 6.61 Å². The van der Waals surface area contributed by atoms with Crippen LogP contribution in [0.15, 0.2) is 54.6 Å². The van der Waals surface area contributed by atoms with Crippen molar-refractivity contribution in [1.29, 1.82) is 0 Å². The summed E-state index contributed by atoms with van der Waals surface area (Å²) in [7, 11) is 0. The maximum Gasteiger partial charge on any atom is 0.348 e. The number of nitro benzene ring substituents is 1. The number of halogens is 1. The van der Waals surface area contributed by atoms with Gasteiger partial charge in [-0.1, -0.05) is 41.9 Å². The average Bonchev–Trinajstić information content (AvgIpc) is 3.35. The molecule has 0 saturated heterocycles. The monoisotopic (exact) mass is 484 g/mol. The molecule has 0 saturated carbocycles. The van der Waals surface area contributed by atoms with Crippen molar-refractivity contribution in [3.8, 4) is 0 Å². The van der Waals surface area contributed by atoms with Crippen molar-refractivity contribution in [3.05, 3.63) is 85.9 Å². The third-order valence-electron chi connectivity index (χ3n) is 4.76. The van der Waals surface area contributed by atoms with Crippen LogP contribution >= 0.6 is 22.9 Å². The molecule has 1 N–H and O–H groups in total. The van der Waals surface area contributed by atoms with E-state index in [-0.39, 0.29) is 16.4 Å². The molecule has 0 spiro atoms. The first-order valence-corrected chi connectivity index (χ1v) is 10.9. The second kappa shape index (κ2) is 9.39. The summed E-state index contributed by atoms with van der Waals surface area (Å²) in [6, 6.07) is 15.2. The van der Waals surface area contributed by atoms with Gasteiger partial charge in [0.1, 0.15) is 9.71 Å². The second-order valence-electron chi connectivity index (χ2n) is 7.10. The lowest BCUT2D eigenvalue weighted by Crippen LogP contribution is -2.20. The summed E-state index contributed by atoms with van der Waals surface area (Å²) in [4.78, 5) is 36.1. The molecular formula is C22H17ClN4O5S. The van der Waals surface area contributed by atoms with Crippen molar-refractivity contribution in [2.24, 2.45) is 0 Å². The van der Waals surface area contributed by atoms with Crippen LogP contribution in [0, 0.1) is 17.0 Å². The summed E-state index contributed by atoms with van der Waals surface area (Å²) in [5, 5.41) is 18.7. The van der Waals surface area contributed by atoms with E-state index in [9.17, 15) is 19.7 Å². The molecule has 11 heteroatoms. The van der Waals surface area contributed by atoms with Crippen LogP contribution in [0.3, 0.4) is 0 Å². The molecule has 0 aliphatic heterocycles. The largest absolute Gasteiger partial charge is 0.451 e. The molecule has 4 aromatic rings. The zero-order chi connectivity index (χ0) is 23.5. The number of anilines is 1. The Morgan fingerprint density at radius 2 is 1.97 bits per heavy atom. The van der Waals surface area contributed by atoms with Crippen molar-refractivity contribution in [2.75, 3.05) is 11.9 Å². The Hall–Kier alpha value is -3.76. The molecular weight excluding hydrogens is 468 g/mol. The number of amides is 1. The molecule has 0 fully saturated rings. The number of nitrogens with zero attached hydrogens (tertiary/aromatic N) is 3. The quantitative estimate of drug-likeness (QED) is 0.228. The third-order valence-corrected chi connectivity index (χ3v) is 6.20. The first-order valence-electron chi connectivity index (χ1n) is 9.73. The number of carbonyl (C=O) groups excluding carboxylic acids is 2. The minimum absolute atomic E-state index is 0.00632. The number of nitrogens with one attached hydrogen (secondary N) is 1. The molecule has 2 aromatic heterocycles. The predicted molar refractivity (Wildman–Crippen MR) is 125 cm³/mol. The highest BCUT2D eigenvalue weighted by atomic mass is 35.5. The number of carbonyl (C=O) groups is 2. The van der Waals surface area contributed by atoms with Crippen molar-refractivity contribution in [2.45, 2.75) is 13.5 Å². The van der Waals surface area contributed by atoms with Gasteiger partial charge in [-0.25, -0.2) is 4.79 Å². The highest BCUT2D eigenvalue weighted by molar-refractivity contribution is 7.20. The lowest BCUT2D eigenvalue weighted by molar-refractivity contribution is -0.384. The van der Waals surface area contributed by atoms with Gasteiger partial charge in [-0.2, -0.15) is 5.10 Å². The number of hydrogen-bond donors (Lipinski definition) is 1. The lowest BCUT2D eigenvalue weighted by Gasteiger charge is -2.07. The maximum atomic E-state index is 12.5. The lowest BCUT2D eigenvalue weighted by atomic mass is 10.2. The molecule has 0 unspecified atom stereocenters. The number of non-ortho nitro benzene ring substituents is 1. The number of aromatic nitrogens is 2. The van der Waals surface area contributed by atoms with E-state index in [1.807, 2.05) is 41.9 Å². The zero-order valence-electron chi connectivity index (χ0n) is 17.3. The van der Waals surface area contributed by atoms with Gasteiger partial charge in [-0.05, 0) is 24.6 Å². The number of esters is 1. The van der Waals surface area contributed by atoms with Crippen LogP contribution in [0.25, 0.3) is 10.2 Å². The van der Waals surface area contributed by atoms with E-state index in [0.29, 0.717) is 11.4 Å². The van der Waals surface area contributed by atoms with Gasteiger partial charge < -0.3 is 10.1 Å². The first-order chi connectivity index (χ1) is 15.8.